The van der Waals surface area contributed by atoms with E-state index in [1.165, 1.54) is 0 Å². The molecule has 0 radical (unpaired) electrons. The van der Waals surface area contributed by atoms with Crippen LogP contribution in [0.2, 0.25) is 0 Å². The summed E-state index contributed by atoms with van der Waals surface area (Å²) in [5.41, 5.74) is 7.35. The van der Waals surface area contributed by atoms with E-state index in [-0.39, 0.29) is 18.1 Å². The summed E-state index contributed by atoms with van der Waals surface area (Å²) in [6.07, 6.45) is 0.470. The molecule has 1 atom stereocenters. The molecule has 2 aromatic carbocycles. The van der Waals surface area contributed by atoms with E-state index in [0.717, 1.165) is 16.3 Å². The number of carbonyl (C=O) groups excluding carboxylic acids is 1. The molecule has 5 heteroatoms. The van der Waals surface area contributed by atoms with Crippen LogP contribution in [-0.4, -0.2) is 12.6 Å². The number of allylic oxidation sites excluding steroid dienone is 2. The summed E-state index contributed by atoms with van der Waals surface area (Å²) < 4.78 is 10.8. The number of nitrogens with two attached hydrogens (primary N) is 1. The number of hydrogen-bond donors (Lipinski definition) is 1. The maximum atomic E-state index is 12.6. The minimum absolute atomic E-state index is 0.0376. The molecule has 5 nitrogen and oxygen atoms in total. The van der Waals surface area contributed by atoms with Crippen LogP contribution in [0.5, 0.6) is 0 Å². The Labute approximate surface area is 152 Å². The minimum atomic E-state index is -0.604. The van der Waals surface area contributed by atoms with Gasteiger partial charge >= 0.3 is 5.97 Å². The van der Waals surface area contributed by atoms with Gasteiger partial charge in [0.15, 0.2) is 0 Å². The summed E-state index contributed by atoms with van der Waals surface area (Å²) in [7, 11) is 0. The van der Waals surface area contributed by atoms with Crippen molar-refractivity contribution in [1.82, 2.24) is 0 Å². The van der Waals surface area contributed by atoms with Gasteiger partial charge in [-0.2, -0.15) is 5.26 Å². The summed E-state index contributed by atoms with van der Waals surface area (Å²) in [5.74, 6) is -0.608. The number of hydrogen-bond acceptors (Lipinski definition) is 5. The molecule has 0 amide bonds. The van der Waals surface area contributed by atoms with Crippen molar-refractivity contribution >= 4 is 16.7 Å². The van der Waals surface area contributed by atoms with Crippen molar-refractivity contribution in [3.8, 4) is 6.07 Å². The predicted molar refractivity (Wildman–Crippen MR) is 98.6 cm³/mol. The van der Waals surface area contributed by atoms with Gasteiger partial charge in [0.1, 0.15) is 17.4 Å². The van der Waals surface area contributed by atoms with Crippen LogP contribution in [-0.2, 0) is 14.3 Å². The molecule has 1 heterocycles. The zero-order valence-electron chi connectivity index (χ0n) is 14.8. The first-order chi connectivity index (χ1) is 12.6. The first-order valence-corrected chi connectivity index (χ1v) is 8.57. The van der Waals surface area contributed by atoms with Gasteiger partial charge in [0, 0.05) is 6.42 Å². The Balaban J connectivity index is 2.22. The standard InChI is InChI=1S/C21H20N2O3/c1-3-17-19(21(24)25-4-2)18(16(12-22)20(23)26-17)15-10-9-13-7-5-6-8-14(13)11-15/h5-11,18H,3-4,23H2,1-2H3. The van der Waals surface area contributed by atoms with Crippen molar-refractivity contribution in [2.45, 2.75) is 26.2 Å². The maximum Gasteiger partial charge on any atom is 0.338 e. The summed E-state index contributed by atoms with van der Waals surface area (Å²) in [4.78, 5) is 12.6. The molecule has 132 valence electrons. The number of nitriles is 1. The second-order valence-electron chi connectivity index (χ2n) is 5.94. The highest BCUT2D eigenvalue weighted by Gasteiger charge is 2.37. The third kappa shape index (κ3) is 3.02. The highest BCUT2D eigenvalue weighted by atomic mass is 16.5. The fourth-order valence-electron chi connectivity index (χ4n) is 3.23. The zero-order chi connectivity index (χ0) is 18.7. The van der Waals surface area contributed by atoms with Crippen LogP contribution < -0.4 is 5.73 Å². The molecule has 2 N–H and O–H groups in total. The summed E-state index contributed by atoms with van der Waals surface area (Å²) in [5, 5.41) is 11.8. The molecule has 0 fully saturated rings. The van der Waals surface area contributed by atoms with Gasteiger partial charge in [-0.1, -0.05) is 49.4 Å². The number of carbonyl (C=O) groups is 1. The van der Waals surface area contributed by atoms with E-state index in [1.807, 2.05) is 49.4 Å². The van der Waals surface area contributed by atoms with Crippen LogP contribution in [0, 0.1) is 11.3 Å². The number of esters is 1. The molecule has 1 aliphatic heterocycles. The molecule has 0 saturated heterocycles. The first-order valence-electron chi connectivity index (χ1n) is 8.57. The molecular formula is C21H20N2O3. The summed E-state index contributed by atoms with van der Waals surface area (Å²) >= 11 is 0. The van der Waals surface area contributed by atoms with Crippen molar-refractivity contribution in [2.75, 3.05) is 6.61 Å². The van der Waals surface area contributed by atoms with Crippen LogP contribution in [0.1, 0.15) is 31.7 Å². The maximum absolute atomic E-state index is 12.6. The molecule has 26 heavy (non-hydrogen) atoms. The van der Waals surface area contributed by atoms with Crippen LogP contribution in [0.25, 0.3) is 10.8 Å². The number of rotatable bonds is 4. The van der Waals surface area contributed by atoms with Crippen LogP contribution >= 0.6 is 0 Å². The van der Waals surface area contributed by atoms with Gasteiger partial charge < -0.3 is 15.2 Å². The number of ether oxygens (including phenoxy) is 2. The van der Waals surface area contributed by atoms with E-state index >= 15 is 0 Å². The molecule has 2 aromatic rings. The monoisotopic (exact) mass is 348 g/mol. The lowest BCUT2D eigenvalue weighted by molar-refractivity contribution is -0.139. The second-order valence-corrected chi connectivity index (χ2v) is 5.94. The molecule has 0 spiro atoms. The van der Waals surface area contributed by atoms with Gasteiger partial charge in [-0.3, -0.25) is 0 Å². The molecule has 0 saturated carbocycles. The van der Waals surface area contributed by atoms with Gasteiger partial charge in [-0.15, -0.1) is 0 Å². The Kier molecular flexibility index (Phi) is 4.94. The Morgan fingerprint density at radius 3 is 2.62 bits per heavy atom. The van der Waals surface area contributed by atoms with Crippen molar-refractivity contribution in [1.29, 1.82) is 5.26 Å². The lowest BCUT2D eigenvalue weighted by atomic mass is 9.82. The third-order valence-electron chi connectivity index (χ3n) is 4.42. The lowest BCUT2D eigenvalue weighted by Crippen LogP contribution is -2.26. The van der Waals surface area contributed by atoms with E-state index in [9.17, 15) is 10.1 Å². The Morgan fingerprint density at radius 1 is 1.23 bits per heavy atom. The minimum Gasteiger partial charge on any atom is -0.463 e. The van der Waals surface area contributed by atoms with Crippen LogP contribution in [0.4, 0.5) is 0 Å². The van der Waals surface area contributed by atoms with E-state index in [2.05, 4.69) is 6.07 Å². The van der Waals surface area contributed by atoms with Crippen molar-refractivity contribution in [3.05, 3.63) is 70.8 Å². The smallest absolute Gasteiger partial charge is 0.338 e. The average Bonchev–Trinajstić information content (AvgIpc) is 2.66. The highest BCUT2D eigenvalue weighted by molar-refractivity contribution is 5.93. The van der Waals surface area contributed by atoms with Crippen LogP contribution in [0.3, 0.4) is 0 Å². The van der Waals surface area contributed by atoms with Gasteiger partial charge in [0.25, 0.3) is 0 Å². The Morgan fingerprint density at radius 2 is 1.96 bits per heavy atom. The molecule has 3 rings (SSSR count). The number of nitrogens with zero attached hydrogens (tertiary/aromatic N) is 1. The molecule has 0 aliphatic carbocycles. The molecular weight excluding hydrogens is 328 g/mol. The Bertz CT molecular complexity index is 967. The fourth-order valence-corrected chi connectivity index (χ4v) is 3.23. The van der Waals surface area contributed by atoms with Gasteiger partial charge in [-0.05, 0) is 23.3 Å². The Hall–Kier alpha value is -3.26. The van der Waals surface area contributed by atoms with Crippen molar-refractivity contribution in [2.24, 2.45) is 5.73 Å². The quantitative estimate of drug-likeness (QED) is 0.848. The normalized spacial score (nSPS) is 17.0. The van der Waals surface area contributed by atoms with Gasteiger partial charge in [0.2, 0.25) is 5.88 Å². The highest BCUT2D eigenvalue weighted by Crippen LogP contribution is 2.41. The molecule has 1 unspecified atom stereocenters. The van der Waals surface area contributed by atoms with E-state index in [0.29, 0.717) is 17.8 Å². The third-order valence-corrected chi connectivity index (χ3v) is 4.42. The van der Waals surface area contributed by atoms with Crippen molar-refractivity contribution in [3.63, 3.8) is 0 Å². The molecule has 1 aliphatic rings. The van der Waals surface area contributed by atoms with Crippen molar-refractivity contribution < 1.29 is 14.3 Å². The zero-order valence-corrected chi connectivity index (χ0v) is 14.8. The SMILES string of the molecule is CCOC(=O)C1=C(CC)OC(N)=C(C#N)C1c1ccc2ccccc2c1. The van der Waals surface area contributed by atoms with Gasteiger partial charge in [0.05, 0.1) is 18.1 Å². The lowest BCUT2D eigenvalue weighted by Gasteiger charge is -2.28. The number of benzene rings is 2. The van der Waals surface area contributed by atoms with E-state index in [1.54, 1.807) is 6.92 Å². The van der Waals surface area contributed by atoms with E-state index in [4.69, 9.17) is 15.2 Å². The predicted octanol–water partition coefficient (Wildman–Crippen LogP) is 3.87. The first kappa shape index (κ1) is 17.6. The topological polar surface area (TPSA) is 85.3 Å². The van der Waals surface area contributed by atoms with Crippen LogP contribution in [0.15, 0.2) is 65.3 Å². The molecule has 0 bridgehead atoms. The van der Waals surface area contributed by atoms with E-state index < -0.39 is 11.9 Å². The average molecular weight is 348 g/mol. The molecule has 0 aromatic heterocycles. The largest absolute Gasteiger partial charge is 0.463 e. The summed E-state index contributed by atoms with van der Waals surface area (Å²) in [6.45, 7) is 3.86. The second kappa shape index (κ2) is 7.32. The fraction of sp³-hybridized carbons (Fsp3) is 0.238. The summed E-state index contributed by atoms with van der Waals surface area (Å²) in [6, 6.07) is 15.9. The number of fused-ring (bicyclic) bond motifs is 1. The van der Waals surface area contributed by atoms with Gasteiger partial charge in [-0.25, -0.2) is 4.79 Å².